The first-order chi connectivity index (χ1) is 12.7. The largest absolute Gasteiger partial charge is 0.497 e. The van der Waals surface area contributed by atoms with Gasteiger partial charge in [-0.25, -0.2) is 0 Å². The highest BCUT2D eigenvalue weighted by Crippen LogP contribution is 2.31. The van der Waals surface area contributed by atoms with Crippen molar-refractivity contribution in [3.63, 3.8) is 0 Å². The molecule has 1 heterocycles. The van der Waals surface area contributed by atoms with Crippen molar-refractivity contribution in [2.75, 3.05) is 12.4 Å². The predicted octanol–water partition coefficient (Wildman–Crippen LogP) is 4.80. The second kappa shape index (κ2) is 7.20. The Morgan fingerprint density at radius 1 is 1.04 bits per heavy atom. The molecule has 0 aliphatic heterocycles. The van der Waals surface area contributed by atoms with Gasteiger partial charge in [0.05, 0.1) is 7.11 Å². The number of nitrogens with zero attached hydrogens (tertiary/aromatic N) is 2. The molecule has 0 saturated heterocycles. The Morgan fingerprint density at radius 2 is 1.85 bits per heavy atom. The fraction of sp³-hybridized carbons (Fsp3) is 0.333. The van der Waals surface area contributed by atoms with Gasteiger partial charge in [0.25, 0.3) is 0 Å². The van der Waals surface area contributed by atoms with E-state index in [0.29, 0.717) is 11.8 Å². The minimum absolute atomic E-state index is 0.0528. The summed E-state index contributed by atoms with van der Waals surface area (Å²) in [6.45, 7) is 2.05. The van der Waals surface area contributed by atoms with Crippen molar-refractivity contribution in [2.24, 2.45) is 0 Å². The van der Waals surface area contributed by atoms with E-state index in [9.17, 15) is 0 Å². The van der Waals surface area contributed by atoms with E-state index in [2.05, 4.69) is 33.7 Å². The first kappa shape index (κ1) is 16.6. The smallest absolute Gasteiger partial charge is 0.247 e. The van der Waals surface area contributed by atoms with Gasteiger partial charge in [0.15, 0.2) is 0 Å². The van der Waals surface area contributed by atoms with Crippen LogP contribution >= 0.6 is 0 Å². The Kier molecular flexibility index (Phi) is 4.61. The average Bonchev–Trinajstić information content (AvgIpc) is 3.19. The number of methoxy groups -OCH3 is 1. The van der Waals surface area contributed by atoms with Crippen LogP contribution in [0.15, 0.2) is 46.9 Å². The second-order valence-corrected chi connectivity index (χ2v) is 6.69. The van der Waals surface area contributed by atoms with Crippen LogP contribution in [-0.2, 0) is 12.8 Å². The van der Waals surface area contributed by atoms with Crippen molar-refractivity contribution >= 4 is 5.69 Å². The standard InChI is InChI=1S/C21H23N3O2/c1-14(22-19-9-5-7-15-6-3-4-8-18(15)19)20-23-24-21(26-20)16-10-12-17(25-2)13-11-16/h5,7,9-14,22H,3-4,6,8H2,1-2H3/t14-/m1/s1. The van der Waals surface area contributed by atoms with E-state index in [1.165, 1.54) is 36.1 Å². The molecule has 5 nitrogen and oxygen atoms in total. The molecule has 0 spiro atoms. The molecule has 0 bridgehead atoms. The molecular weight excluding hydrogens is 326 g/mol. The summed E-state index contributed by atoms with van der Waals surface area (Å²) in [6.07, 6.45) is 4.83. The summed E-state index contributed by atoms with van der Waals surface area (Å²) in [4.78, 5) is 0. The Hall–Kier alpha value is -2.82. The first-order valence-corrected chi connectivity index (χ1v) is 9.10. The fourth-order valence-electron chi connectivity index (χ4n) is 3.47. The van der Waals surface area contributed by atoms with E-state index in [0.717, 1.165) is 17.7 Å². The first-order valence-electron chi connectivity index (χ1n) is 9.10. The molecule has 26 heavy (non-hydrogen) atoms. The molecule has 3 aromatic rings. The summed E-state index contributed by atoms with van der Waals surface area (Å²) in [5.41, 5.74) is 4.95. The Labute approximate surface area is 153 Å². The van der Waals surface area contributed by atoms with Crippen molar-refractivity contribution in [3.05, 3.63) is 59.5 Å². The van der Waals surface area contributed by atoms with Crippen LogP contribution in [0, 0.1) is 0 Å². The summed E-state index contributed by atoms with van der Waals surface area (Å²) in [5, 5.41) is 12.0. The lowest BCUT2D eigenvalue weighted by Gasteiger charge is -2.21. The van der Waals surface area contributed by atoms with Crippen molar-refractivity contribution < 1.29 is 9.15 Å². The maximum absolute atomic E-state index is 5.90. The molecule has 4 rings (SSSR count). The fourth-order valence-corrected chi connectivity index (χ4v) is 3.47. The number of aromatic nitrogens is 2. The highest BCUT2D eigenvalue weighted by molar-refractivity contribution is 5.57. The van der Waals surface area contributed by atoms with Gasteiger partial charge in [-0.05, 0) is 74.1 Å². The third-order valence-corrected chi connectivity index (χ3v) is 4.92. The molecule has 1 aliphatic rings. The Bertz CT molecular complexity index is 887. The zero-order valence-electron chi connectivity index (χ0n) is 15.2. The molecule has 0 unspecified atom stereocenters. The number of benzene rings is 2. The third-order valence-electron chi connectivity index (χ3n) is 4.92. The number of aryl methyl sites for hydroxylation is 1. The molecule has 0 radical (unpaired) electrons. The lowest BCUT2D eigenvalue weighted by atomic mass is 9.90. The maximum Gasteiger partial charge on any atom is 0.247 e. The highest BCUT2D eigenvalue weighted by Gasteiger charge is 2.18. The minimum Gasteiger partial charge on any atom is -0.497 e. The monoisotopic (exact) mass is 349 g/mol. The van der Waals surface area contributed by atoms with Gasteiger partial charge in [-0.1, -0.05) is 12.1 Å². The zero-order chi connectivity index (χ0) is 17.9. The molecule has 0 saturated carbocycles. The van der Waals surface area contributed by atoms with Gasteiger partial charge in [-0.3, -0.25) is 0 Å². The van der Waals surface area contributed by atoms with E-state index in [-0.39, 0.29) is 6.04 Å². The summed E-state index contributed by atoms with van der Waals surface area (Å²) in [6, 6.07) is 14.1. The molecule has 2 aromatic carbocycles. The lowest BCUT2D eigenvalue weighted by Crippen LogP contribution is -2.12. The predicted molar refractivity (Wildman–Crippen MR) is 101 cm³/mol. The normalized spacial score (nSPS) is 14.5. The van der Waals surface area contributed by atoms with Gasteiger partial charge >= 0.3 is 0 Å². The summed E-state index contributed by atoms with van der Waals surface area (Å²) in [7, 11) is 1.65. The Balaban J connectivity index is 1.52. The molecule has 1 N–H and O–H groups in total. The topological polar surface area (TPSA) is 60.2 Å². The molecule has 0 amide bonds. The van der Waals surface area contributed by atoms with Crippen LogP contribution in [0.2, 0.25) is 0 Å². The second-order valence-electron chi connectivity index (χ2n) is 6.69. The molecule has 0 fully saturated rings. The van der Waals surface area contributed by atoms with Crippen molar-refractivity contribution in [1.29, 1.82) is 0 Å². The quantitative estimate of drug-likeness (QED) is 0.717. The highest BCUT2D eigenvalue weighted by atomic mass is 16.5. The number of nitrogens with one attached hydrogen (secondary N) is 1. The summed E-state index contributed by atoms with van der Waals surface area (Å²) >= 11 is 0. The van der Waals surface area contributed by atoms with Gasteiger partial charge in [0.2, 0.25) is 11.8 Å². The van der Waals surface area contributed by atoms with Gasteiger partial charge in [0, 0.05) is 11.3 Å². The van der Waals surface area contributed by atoms with Gasteiger partial charge in [-0.2, -0.15) is 0 Å². The van der Waals surface area contributed by atoms with Crippen LogP contribution in [0.4, 0.5) is 5.69 Å². The Morgan fingerprint density at radius 3 is 2.65 bits per heavy atom. The molecule has 134 valence electrons. The third kappa shape index (κ3) is 3.29. The van der Waals surface area contributed by atoms with Crippen LogP contribution in [0.5, 0.6) is 5.75 Å². The SMILES string of the molecule is COc1ccc(-c2nnc([C@@H](C)Nc3cccc4c3CCCC4)o2)cc1. The van der Waals surface area contributed by atoms with Gasteiger partial charge < -0.3 is 14.5 Å². The zero-order valence-corrected chi connectivity index (χ0v) is 15.2. The number of hydrogen-bond donors (Lipinski definition) is 1. The van der Waals surface area contributed by atoms with Crippen LogP contribution < -0.4 is 10.1 Å². The van der Waals surface area contributed by atoms with Gasteiger partial charge in [-0.15, -0.1) is 10.2 Å². The van der Waals surface area contributed by atoms with Crippen LogP contribution in [0.25, 0.3) is 11.5 Å². The lowest BCUT2D eigenvalue weighted by molar-refractivity contribution is 0.415. The van der Waals surface area contributed by atoms with Crippen LogP contribution in [0.1, 0.15) is 42.8 Å². The molecular formula is C21H23N3O2. The summed E-state index contributed by atoms with van der Waals surface area (Å²) in [5.74, 6) is 1.91. The minimum atomic E-state index is -0.0528. The van der Waals surface area contributed by atoms with E-state index < -0.39 is 0 Å². The van der Waals surface area contributed by atoms with E-state index in [1.54, 1.807) is 7.11 Å². The van der Waals surface area contributed by atoms with Crippen LogP contribution in [-0.4, -0.2) is 17.3 Å². The average molecular weight is 349 g/mol. The maximum atomic E-state index is 5.90. The van der Waals surface area contributed by atoms with Crippen molar-refractivity contribution in [1.82, 2.24) is 10.2 Å². The molecule has 5 heteroatoms. The van der Waals surface area contributed by atoms with Crippen molar-refractivity contribution in [2.45, 2.75) is 38.6 Å². The molecule has 1 aliphatic carbocycles. The summed E-state index contributed by atoms with van der Waals surface area (Å²) < 4.78 is 11.1. The molecule has 1 atom stereocenters. The number of hydrogen-bond acceptors (Lipinski definition) is 5. The van der Waals surface area contributed by atoms with E-state index in [1.807, 2.05) is 31.2 Å². The van der Waals surface area contributed by atoms with Crippen molar-refractivity contribution in [3.8, 4) is 17.2 Å². The number of ether oxygens (including phenoxy) is 1. The van der Waals surface area contributed by atoms with E-state index in [4.69, 9.17) is 9.15 Å². The van der Waals surface area contributed by atoms with E-state index >= 15 is 0 Å². The van der Waals surface area contributed by atoms with Gasteiger partial charge in [0.1, 0.15) is 11.8 Å². The number of rotatable bonds is 5. The van der Waals surface area contributed by atoms with Crippen LogP contribution in [0.3, 0.4) is 0 Å². The number of fused-ring (bicyclic) bond motifs is 1. The number of anilines is 1. The molecule has 1 aromatic heterocycles.